The molecule has 1 aliphatic rings. The van der Waals surface area contributed by atoms with E-state index >= 15 is 0 Å². The topological polar surface area (TPSA) is 110 Å². The highest BCUT2D eigenvalue weighted by Gasteiger charge is 2.14. The lowest BCUT2D eigenvalue weighted by Gasteiger charge is -2.11. The molecule has 4 rings (SSSR count). The molecule has 0 saturated carbocycles. The highest BCUT2D eigenvalue weighted by Crippen LogP contribution is 2.19. The SMILES string of the molecule is Cc1ccc2cc(C)c3nn(CCNC(=O)CCC4=NNC(=O)CC4)c(=O)n3c2c1. The van der Waals surface area contributed by atoms with E-state index < -0.39 is 0 Å². The van der Waals surface area contributed by atoms with Gasteiger partial charge in [-0.05, 0) is 55.3 Å². The molecule has 0 bridgehead atoms. The smallest absolute Gasteiger partial charge is 0.350 e. The molecule has 0 atom stereocenters. The number of aryl methyl sites for hydroxylation is 2. The van der Waals surface area contributed by atoms with Gasteiger partial charge in [0.1, 0.15) is 0 Å². The third-order valence-corrected chi connectivity index (χ3v) is 5.26. The Balaban J connectivity index is 1.42. The molecule has 0 aliphatic carbocycles. The van der Waals surface area contributed by atoms with Crippen LogP contribution in [-0.4, -0.2) is 38.3 Å². The fourth-order valence-electron chi connectivity index (χ4n) is 3.63. The zero-order chi connectivity index (χ0) is 21.3. The van der Waals surface area contributed by atoms with Crippen LogP contribution in [0.2, 0.25) is 0 Å². The summed E-state index contributed by atoms with van der Waals surface area (Å²) < 4.78 is 3.03. The number of pyridine rings is 1. The molecule has 1 aromatic carbocycles. The molecule has 9 nitrogen and oxygen atoms in total. The zero-order valence-corrected chi connectivity index (χ0v) is 17.1. The lowest BCUT2D eigenvalue weighted by molar-refractivity contribution is -0.121. The predicted octanol–water partition coefficient (Wildman–Crippen LogP) is 1.43. The quantitative estimate of drug-likeness (QED) is 0.643. The van der Waals surface area contributed by atoms with Gasteiger partial charge in [0.2, 0.25) is 11.8 Å². The summed E-state index contributed by atoms with van der Waals surface area (Å²) in [5, 5.41) is 12.2. The lowest BCUT2D eigenvalue weighted by atomic mass is 10.1. The molecule has 2 aromatic heterocycles. The van der Waals surface area contributed by atoms with Crippen LogP contribution < -0.4 is 16.4 Å². The minimum atomic E-state index is -0.217. The van der Waals surface area contributed by atoms with Crippen LogP contribution in [0.25, 0.3) is 16.6 Å². The summed E-state index contributed by atoms with van der Waals surface area (Å²) in [6, 6.07) is 8.03. The summed E-state index contributed by atoms with van der Waals surface area (Å²) in [6.45, 7) is 4.52. The van der Waals surface area contributed by atoms with Gasteiger partial charge in [-0.15, -0.1) is 5.10 Å². The maximum atomic E-state index is 12.9. The van der Waals surface area contributed by atoms with Gasteiger partial charge in [0, 0.05) is 25.1 Å². The standard InChI is InChI=1S/C21H24N6O3/c1-13-3-4-15-12-14(2)20-25-26(21(30)27(20)17(15)11-13)10-9-22-18(28)7-5-16-6-8-19(29)24-23-16/h3-4,11-12H,5-10H2,1-2H3,(H,22,28)(H,24,29). The van der Waals surface area contributed by atoms with E-state index in [-0.39, 0.29) is 30.5 Å². The Morgan fingerprint density at radius 3 is 2.80 bits per heavy atom. The van der Waals surface area contributed by atoms with Crippen LogP contribution in [0.15, 0.2) is 34.2 Å². The Kier molecular flexibility index (Phi) is 5.35. The second-order valence-corrected chi connectivity index (χ2v) is 7.62. The Morgan fingerprint density at radius 2 is 2.03 bits per heavy atom. The van der Waals surface area contributed by atoms with Gasteiger partial charge >= 0.3 is 5.69 Å². The summed E-state index contributed by atoms with van der Waals surface area (Å²) in [7, 11) is 0. The van der Waals surface area contributed by atoms with Crippen molar-refractivity contribution in [2.45, 2.75) is 46.1 Å². The minimum Gasteiger partial charge on any atom is -0.354 e. The summed E-state index contributed by atoms with van der Waals surface area (Å²) in [4.78, 5) is 36.1. The van der Waals surface area contributed by atoms with Crippen LogP contribution in [-0.2, 0) is 16.1 Å². The third-order valence-electron chi connectivity index (χ3n) is 5.26. The van der Waals surface area contributed by atoms with Gasteiger partial charge in [-0.25, -0.2) is 19.3 Å². The number of nitrogens with one attached hydrogen (secondary N) is 2. The molecule has 0 saturated heterocycles. The molecule has 2 amide bonds. The number of rotatable bonds is 6. The first-order chi connectivity index (χ1) is 14.4. The Hall–Kier alpha value is -3.49. The summed E-state index contributed by atoms with van der Waals surface area (Å²) in [5.74, 6) is -0.219. The van der Waals surface area contributed by atoms with Gasteiger partial charge in [-0.2, -0.15) is 5.10 Å². The average molecular weight is 408 g/mol. The first-order valence-corrected chi connectivity index (χ1v) is 10.0. The second-order valence-electron chi connectivity index (χ2n) is 7.62. The number of benzene rings is 1. The summed E-state index contributed by atoms with van der Waals surface area (Å²) in [5.41, 5.74) is 6.48. The van der Waals surface area contributed by atoms with Crippen molar-refractivity contribution in [1.29, 1.82) is 0 Å². The fraction of sp³-hybridized carbons (Fsp3) is 0.381. The van der Waals surface area contributed by atoms with Gasteiger partial charge in [-0.1, -0.05) is 12.1 Å². The van der Waals surface area contributed by atoms with Gasteiger partial charge in [0.05, 0.1) is 12.1 Å². The molecule has 2 N–H and O–H groups in total. The maximum absolute atomic E-state index is 12.9. The normalized spacial score (nSPS) is 14.1. The molecule has 3 heterocycles. The molecular formula is C21H24N6O3. The molecule has 0 spiro atoms. The number of hydrogen-bond donors (Lipinski definition) is 2. The van der Waals surface area contributed by atoms with Crippen LogP contribution >= 0.6 is 0 Å². The number of hydrogen-bond acceptors (Lipinski definition) is 5. The van der Waals surface area contributed by atoms with Crippen molar-refractivity contribution >= 4 is 34.1 Å². The van der Waals surface area contributed by atoms with Crippen molar-refractivity contribution in [2.75, 3.05) is 6.54 Å². The van der Waals surface area contributed by atoms with Crippen LogP contribution in [0.5, 0.6) is 0 Å². The van der Waals surface area contributed by atoms with Crippen LogP contribution in [0.3, 0.4) is 0 Å². The molecule has 9 heteroatoms. The summed E-state index contributed by atoms with van der Waals surface area (Å²) >= 11 is 0. The molecule has 3 aromatic rings. The first kappa shape index (κ1) is 19.8. The molecule has 1 aliphatic heterocycles. The van der Waals surface area contributed by atoms with Crippen molar-refractivity contribution < 1.29 is 9.59 Å². The van der Waals surface area contributed by atoms with Crippen LogP contribution in [0, 0.1) is 13.8 Å². The maximum Gasteiger partial charge on any atom is 0.350 e. The van der Waals surface area contributed by atoms with Gasteiger partial charge in [0.15, 0.2) is 5.65 Å². The van der Waals surface area contributed by atoms with Crippen molar-refractivity contribution in [3.63, 3.8) is 0 Å². The highest BCUT2D eigenvalue weighted by atomic mass is 16.2. The lowest BCUT2D eigenvalue weighted by Crippen LogP contribution is -2.32. The number of hydrazone groups is 1. The third kappa shape index (κ3) is 3.96. The molecular weight excluding hydrogens is 384 g/mol. The zero-order valence-electron chi connectivity index (χ0n) is 17.1. The van der Waals surface area contributed by atoms with E-state index in [1.165, 1.54) is 4.68 Å². The van der Waals surface area contributed by atoms with Gasteiger partial charge < -0.3 is 5.32 Å². The number of nitrogens with zero attached hydrogens (tertiary/aromatic N) is 4. The first-order valence-electron chi connectivity index (χ1n) is 10.0. The average Bonchev–Trinajstić information content (AvgIpc) is 3.06. The Morgan fingerprint density at radius 1 is 1.20 bits per heavy atom. The van der Waals surface area contributed by atoms with E-state index in [1.807, 2.05) is 38.1 Å². The van der Waals surface area contributed by atoms with E-state index in [0.717, 1.165) is 27.7 Å². The van der Waals surface area contributed by atoms with Crippen molar-refractivity contribution in [3.05, 3.63) is 45.9 Å². The number of carbonyl (C=O) groups is 2. The number of aromatic nitrogens is 3. The largest absolute Gasteiger partial charge is 0.354 e. The Bertz CT molecular complexity index is 1240. The monoisotopic (exact) mass is 408 g/mol. The molecule has 0 radical (unpaired) electrons. The molecule has 30 heavy (non-hydrogen) atoms. The van der Waals surface area contributed by atoms with E-state index in [1.54, 1.807) is 4.40 Å². The van der Waals surface area contributed by atoms with Crippen LogP contribution in [0.1, 0.15) is 36.8 Å². The van der Waals surface area contributed by atoms with E-state index in [9.17, 15) is 14.4 Å². The molecule has 156 valence electrons. The van der Waals surface area contributed by atoms with Crippen molar-refractivity contribution in [2.24, 2.45) is 5.10 Å². The number of amides is 2. The van der Waals surface area contributed by atoms with E-state index in [2.05, 4.69) is 20.9 Å². The van der Waals surface area contributed by atoms with Crippen LogP contribution in [0.4, 0.5) is 0 Å². The predicted molar refractivity (Wildman–Crippen MR) is 113 cm³/mol. The fourth-order valence-corrected chi connectivity index (χ4v) is 3.63. The Labute approximate surface area is 172 Å². The van der Waals surface area contributed by atoms with E-state index in [0.29, 0.717) is 31.5 Å². The number of fused-ring (bicyclic) bond motifs is 3. The van der Waals surface area contributed by atoms with E-state index in [4.69, 9.17) is 0 Å². The van der Waals surface area contributed by atoms with Gasteiger partial charge in [0.25, 0.3) is 0 Å². The molecule has 0 fully saturated rings. The minimum absolute atomic E-state index is 0.0979. The summed E-state index contributed by atoms with van der Waals surface area (Å²) in [6.07, 6.45) is 1.79. The highest BCUT2D eigenvalue weighted by molar-refractivity contribution is 5.94. The number of carbonyl (C=O) groups excluding carboxylic acids is 2. The van der Waals surface area contributed by atoms with Crippen molar-refractivity contribution in [1.82, 2.24) is 24.9 Å². The van der Waals surface area contributed by atoms with Crippen molar-refractivity contribution in [3.8, 4) is 0 Å². The van der Waals surface area contributed by atoms with Gasteiger partial charge in [-0.3, -0.25) is 9.59 Å². The molecule has 0 unspecified atom stereocenters. The second kappa shape index (κ2) is 8.10.